The SMILES string of the molecule is O=C1S/C(=C/c2ccc(O)cc2)C(=O)N1S(=O)(=O)c1ccc2ccccc2c1. The number of phenols is 1. The van der Waals surface area contributed by atoms with Gasteiger partial charge in [-0.2, -0.15) is 4.31 Å². The zero-order chi connectivity index (χ0) is 19.9. The summed E-state index contributed by atoms with van der Waals surface area (Å²) in [5.41, 5.74) is 0.561. The Hall–Kier alpha value is -3.10. The van der Waals surface area contributed by atoms with E-state index >= 15 is 0 Å². The topological polar surface area (TPSA) is 91.8 Å². The number of sulfonamides is 1. The molecule has 1 heterocycles. The molecule has 0 bridgehead atoms. The first-order chi connectivity index (χ1) is 13.4. The fourth-order valence-corrected chi connectivity index (χ4v) is 5.25. The van der Waals surface area contributed by atoms with Crippen LogP contribution in [-0.4, -0.2) is 29.0 Å². The highest BCUT2D eigenvalue weighted by molar-refractivity contribution is 8.19. The highest BCUT2D eigenvalue weighted by Gasteiger charge is 2.44. The number of amides is 2. The largest absolute Gasteiger partial charge is 0.508 e. The molecule has 1 aliphatic heterocycles. The number of benzene rings is 3. The molecule has 28 heavy (non-hydrogen) atoms. The molecule has 1 fully saturated rings. The van der Waals surface area contributed by atoms with Crippen LogP contribution in [0.3, 0.4) is 0 Å². The number of rotatable bonds is 3. The van der Waals surface area contributed by atoms with Crippen LogP contribution < -0.4 is 0 Å². The van der Waals surface area contributed by atoms with Crippen molar-refractivity contribution < 1.29 is 23.1 Å². The van der Waals surface area contributed by atoms with E-state index in [1.165, 1.54) is 30.3 Å². The predicted molar refractivity (Wildman–Crippen MR) is 107 cm³/mol. The van der Waals surface area contributed by atoms with Crippen LogP contribution >= 0.6 is 11.8 Å². The first-order valence-corrected chi connectivity index (χ1v) is 10.4. The van der Waals surface area contributed by atoms with E-state index in [9.17, 15) is 23.1 Å². The average Bonchev–Trinajstić information content (AvgIpc) is 2.97. The molecule has 1 N–H and O–H groups in total. The summed E-state index contributed by atoms with van der Waals surface area (Å²) in [6.07, 6.45) is 1.42. The molecule has 0 aromatic heterocycles. The number of fused-ring (bicyclic) bond motifs is 1. The van der Waals surface area contributed by atoms with E-state index in [4.69, 9.17) is 0 Å². The second-order valence-electron chi connectivity index (χ2n) is 6.05. The van der Waals surface area contributed by atoms with Gasteiger partial charge in [-0.3, -0.25) is 9.59 Å². The number of thioether (sulfide) groups is 1. The number of aromatic hydroxyl groups is 1. The van der Waals surface area contributed by atoms with E-state index in [-0.39, 0.29) is 15.6 Å². The van der Waals surface area contributed by atoms with Crippen molar-refractivity contribution >= 4 is 49.8 Å². The average molecular weight is 411 g/mol. The van der Waals surface area contributed by atoms with Crippen LogP contribution in [0.4, 0.5) is 4.79 Å². The summed E-state index contributed by atoms with van der Waals surface area (Å²) in [5.74, 6) is -0.833. The maximum Gasteiger partial charge on any atom is 0.307 e. The Labute approximate surface area is 165 Å². The zero-order valence-electron chi connectivity index (χ0n) is 14.3. The number of imide groups is 1. The molecule has 0 unspecified atom stereocenters. The molecule has 8 heteroatoms. The molecule has 2 amide bonds. The van der Waals surface area contributed by atoms with Gasteiger partial charge in [-0.15, -0.1) is 0 Å². The van der Waals surface area contributed by atoms with E-state index in [1.807, 2.05) is 12.1 Å². The third-order valence-electron chi connectivity index (χ3n) is 4.21. The maximum absolute atomic E-state index is 13.0. The minimum Gasteiger partial charge on any atom is -0.508 e. The minimum absolute atomic E-state index is 0.0000500. The van der Waals surface area contributed by atoms with Crippen molar-refractivity contribution in [3.05, 3.63) is 77.2 Å². The molecular weight excluding hydrogens is 398 g/mol. The molecule has 0 radical (unpaired) electrons. The molecule has 140 valence electrons. The molecule has 0 saturated carbocycles. The van der Waals surface area contributed by atoms with Gasteiger partial charge in [0.15, 0.2) is 0 Å². The number of carbonyl (C=O) groups excluding carboxylic acids is 2. The van der Waals surface area contributed by atoms with Gasteiger partial charge in [0.05, 0.1) is 9.80 Å². The first-order valence-electron chi connectivity index (χ1n) is 8.17. The monoisotopic (exact) mass is 411 g/mol. The molecule has 1 saturated heterocycles. The van der Waals surface area contributed by atoms with Crippen LogP contribution in [0.15, 0.2) is 76.5 Å². The van der Waals surface area contributed by atoms with E-state index < -0.39 is 21.2 Å². The Balaban J connectivity index is 1.71. The van der Waals surface area contributed by atoms with Crippen molar-refractivity contribution in [1.82, 2.24) is 4.31 Å². The van der Waals surface area contributed by atoms with E-state index in [0.717, 1.165) is 5.39 Å². The van der Waals surface area contributed by atoms with Gasteiger partial charge in [-0.25, -0.2) is 8.42 Å². The summed E-state index contributed by atoms with van der Waals surface area (Å²) in [7, 11) is -4.33. The first kappa shape index (κ1) is 18.3. The van der Waals surface area contributed by atoms with E-state index in [2.05, 4.69) is 0 Å². The van der Waals surface area contributed by atoms with Crippen LogP contribution in [-0.2, 0) is 14.8 Å². The van der Waals surface area contributed by atoms with Gasteiger partial charge < -0.3 is 5.11 Å². The Kier molecular flexibility index (Phi) is 4.44. The van der Waals surface area contributed by atoms with Crippen molar-refractivity contribution in [3.63, 3.8) is 0 Å². The van der Waals surface area contributed by atoms with Gasteiger partial charge in [0.1, 0.15) is 5.75 Å². The summed E-state index contributed by atoms with van der Waals surface area (Å²) < 4.78 is 26.2. The normalized spacial score (nSPS) is 16.3. The molecular formula is C20H13NO5S2. The molecule has 3 aromatic carbocycles. The fraction of sp³-hybridized carbons (Fsp3) is 0. The lowest BCUT2D eigenvalue weighted by molar-refractivity contribution is -0.119. The van der Waals surface area contributed by atoms with Crippen molar-refractivity contribution in [2.24, 2.45) is 0 Å². The van der Waals surface area contributed by atoms with Gasteiger partial charge >= 0.3 is 5.24 Å². The van der Waals surface area contributed by atoms with Crippen LogP contribution in [0, 0.1) is 0 Å². The third kappa shape index (κ3) is 3.17. The number of phenolic OH excluding ortho intramolecular Hbond substituents is 1. The van der Waals surface area contributed by atoms with Gasteiger partial charge in [0.25, 0.3) is 15.9 Å². The van der Waals surface area contributed by atoms with Crippen LogP contribution in [0.2, 0.25) is 0 Å². The molecule has 0 atom stereocenters. The summed E-state index contributed by atoms with van der Waals surface area (Å²) in [6, 6.07) is 17.6. The highest BCUT2D eigenvalue weighted by Crippen LogP contribution is 2.36. The second kappa shape index (κ2) is 6.81. The van der Waals surface area contributed by atoms with Crippen molar-refractivity contribution in [2.45, 2.75) is 4.90 Å². The van der Waals surface area contributed by atoms with Crippen molar-refractivity contribution in [2.75, 3.05) is 0 Å². The fourth-order valence-electron chi connectivity index (χ4n) is 2.82. The standard InChI is InChI=1S/C20H13NO5S2/c22-16-8-5-13(6-9-16)11-18-19(23)21(20(24)27-18)28(25,26)17-10-7-14-3-1-2-4-15(14)12-17/h1-12,22H/b18-11+. The molecule has 6 nitrogen and oxygen atoms in total. The number of nitrogens with zero attached hydrogens (tertiary/aromatic N) is 1. The zero-order valence-corrected chi connectivity index (χ0v) is 15.9. The van der Waals surface area contributed by atoms with E-state index in [0.29, 0.717) is 27.0 Å². The van der Waals surface area contributed by atoms with Gasteiger partial charge in [-0.1, -0.05) is 42.5 Å². The summed E-state index contributed by atoms with van der Waals surface area (Å²) in [6.45, 7) is 0. The molecule has 0 spiro atoms. The summed E-state index contributed by atoms with van der Waals surface area (Å²) in [4.78, 5) is 24.9. The molecule has 0 aliphatic carbocycles. The van der Waals surface area contributed by atoms with Crippen molar-refractivity contribution in [1.29, 1.82) is 0 Å². The number of hydrogen-bond acceptors (Lipinski definition) is 6. The minimum atomic E-state index is -4.33. The lowest BCUT2D eigenvalue weighted by Gasteiger charge is -2.13. The number of hydrogen-bond donors (Lipinski definition) is 1. The van der Waals surface area contributed by atoms with Crippen LogP contribution in [0.5, 0.6) is 5.75 Å². The number of carbonyl (C=O) groups is 2. The van der Waals surface area contributed by atoms with Crippen LogP contribution in [0.1, 0.15) is 5.56 Å². The molecule has 1 aliphatic rings. The smallest absolute Gasteiger partial charge is 0.307 e. The van der Waals surface area contributed by atoms with Gasteiger partial charge in [0.2, 0.25) is 0 Å². The second-order valence-corrected chi connectivity index (χ2v) is 8.83. The summed E-state index contributed by atoms with van der Waals surface area (Å²) in [5, 5.41) is 9.99. The predicted octanol–water partition coefficient (Wildman–Crippen LogP) is 3.97. The summed E-state index contributed by atoms with van der Waals surface area (Å²) >= 11 is 0.563. The maximum atomic E-state index is 13.0. The van der Waals surface area contributed by atoms with Crippen molar-refractivity contribution in [3.8, 4) is 5.75 Å². The lowest BCUT2D eigenvalue weighted by Crippen LogP contribution is -2.34. The lowest BCUT2D eigenvalue weighted by atomic mass is 10.1. The molecule has 3 aromatic rings. The van der Waals surface area contributed by atoms with Crippen LogP contribution in [0.25, 0.3) is 16.8 Å². The Morgan fingerprint density at radius 1 is 0.893 bits per heavy atom. The van der Waals surface area contributed by atoms with Gasteiger partial charge in [-0.05, 0) is 58.4 Å². The van der Waals surface area contributed by atoms with Gasteiger partial charge in [0, 0.05) is 0 Å². The quantitative estimate of drug-likeness (QED) is 0.656. The Morgan fingerprint density at radius 3 is 2.29 bits per heavy atom. The Morgan fingerprint density at radius 2 is 1.57 bits per heavy atom. The highest BCUT2D eigenvalue weighted by atomic mass is 32.2. The third-order valence-corrected chi connectivity index (χ3v) is 6.86. The molecule has 4 rings (SSSR count). The Bertz CT molecular complexity index is 1250. The van der Waals surface area contributed by atoms with E-state index in [1.54, 1.807) is 30.3 Å².